The average molecular weight is 440 g/mol. The van der Waals surface area contributed by atoms with Crippen molar-refractivity contribution < 1.29 is 22.6 Å². The minimum Gasteiger partial charge on any atom is -0.480 e. The number of carbonyl (C=O) groups is 1. The molecule has 0 radical (unpaired) electrons. The van der Waals surface area contributed by atoms with Crippen LogP contribution in [0.5, 0.6) is 0 Å². The minimum absolute atomic E-state index is 0.0112. The Morgan fingerprint density at radius 3 is 1.90 bits per heavy atom. The largest absolute Gasteiger partial charge is 0.480 e. The van der Waals surface area contributed by atoms with Gasteiger partial charge >= 0.3 is 16.1 Å². The second-order valence-corrected chi connectivity index (χ2v) is 9.04. The summed E-state index contributed by atoms with van der Waals surface area (Å²) in [6.45, 7) is 3.43. The van der Waals surface area contributed by atoms with Crippen LogP contribution >= 0.6 is 0 Å². The average Bonchev–Trinajstić information content (AvgIpc) is 2.74. The van der Waals surface area contributed by atoms with Gasteiger partial charge in [0, 0.05) is 0 Å². The zero-order valence-corrected chi connectivity index (χ0v) is 18.2. The monoisotopic (exact) mass is 439 g/mol. The molecule has 0 aliphatic rings. The molecule has 0 bridgehead atoms. The molecule has 162 valence electrons. The molecule has 1 atom stereocenters. The quantitative estimate of drug-likeness (QED) is 0.491. The first-order valence-electron chi connectivity index (χ1n) is 9.91. The Labute approximate surface area is 182 Å². The van der Waals surface area contributed by atoms with Gasteiger partial charge in [0.2, 0.25) is 0 Å². The third-order valence-corrected chi connectivity index (χ3v) is 6.06. The molecule has 0 spiro atoms. The molecule has 0 aliphatic carbocycles. The van der Waals surface area contributed by atoms with Crippen molar-refractivity contribution >= 4 is 16.1 Å². The number of nitrogens with zero attached hydrogens (tertiary/aromatic N) is 1. The van der Waals surface area contributed by atoms with E-state index in [1.165, 1.54) is 12.1 Å². The van der Waals surface area contributed by atoms with Crippen LogP contribution < -0.4 is 0 Å². The van der Waals surface area contributed by atoms with Crippen LogP contribution in [0.1, 0.15) is 19.4 Å². The van der Waals surface area contributed by atoms with E-state index in [0.717, 1.165) is 21.8 Å². The molecule has 0 heterocycles. The predicted molar refractivity (Wildman–Crippen MR) is 118 cm³/mol. The Balaban J connectivity index is 1.89. The molecule has 0 saturated heterocycles. The second kappa shape index (κ2) is 9.87. The molecule has 1 N–H and O–H groups in total. The fourth-order valence-electron chi connectivity index (χ4n) is 3.29. The summed E-state index contributed by atoms with van der Waals surface area (Å²) < 4.78 is 31.3. The first-order chi connectivity index (χ1) is 14.8. The highest BCUT2D eigenvalue weighted by atomic mass is 32.2. The second-order valence-electron chi connectivity index (χ2n) is 7.51. The van der Waals surface area contributed by atoms with E-state index in [9.17, 15) is 18.3 Å². The molecule has 31 heavy (non-hydrogen) atoms. The number of rotatable bonds is 9. The molecule has 0 saturated carbocycles. The van der Waals surface area contributed by atoms with Crippen molar-refractivity contribution in [2.45, 2.75) is 31.3 Å². The normalized spacial score (nSPS) is 12.8. The molecule has 3 rings (SSSR count). The van der Waals surface area contributed by atoms with Gasteiger partial charge in [-0.15, -0.1) is 0 Å². The Hall–Kier alpha value is -3.00. The van der Waals surface area contributed by atoms with Crippen LogP contribution in [-0.2, 0) is 25.7 Å². The third-order valence-electron chi connectivity index (χ3n) is 4.82. The van der Waals surface area contributed by atoms with Gasteiger partial charge < -0.3 is 5.11 Å². The van der Waals surface area contributed by atoms with Crippen LogP contribution in [0, 0.1) is 5.92 Å². The summed E-state index contributed by atoms with van der Waals surface area (Å²) in [5.74, 6) is -1.53. The van der Waals surface area contributed by atoms with Gasteiger partial charge in [-0.25, -0.2) is 0 Å². The van der Waals surface area contributed by atoms with Crippen LogP contribution in [-0.4, -0.2) is 30.6 Å². The van der Waals surface area contributed by atoms with E-state index in [-0.39, 0.29) is 17.4 Å². The highest BCUT2D eigenvalue weighted by molar-refractivity contribution is 7.86. The van der Waals surface area contributed by atoms with Gasteiger partial charge in [-0.1, -0.05) is 86.6 Å². The minimum atomic E-state index is -4.23. The Morgan fingerprint density at radius 2 is 1.39 bits per heavy atom. The number of carboxylic acid groups (broad SMARTS) is 1. The lowest BCUT2D eigenvalue weighted by Gasteiger charge is -2.29. The van der Waals surface area contributed by atoms with Crippen molar-refractivity contribution in [1.29, 1.82) is 0 Å². The lowest BCUT2D eigenvalue weighted by molar-refractivity contribution is -0.166. The predicted octanol–water partition coefficient (Wildman–Crippen LogP) is 4.59. The van der Waals surface area contributed by atoms with Crippen molar-refractivity contribution in [2.24, 2.45) is 5.92 Å². The fourth-order valence-corrected chi connectivity index (χ4v) is 4.24. The van der Waals surface area contributed by atoms with Crippen molar-refractivity contribution in [2.75, 3.05) is 0 Å². The molecule has 0 fully saturated rings. The molecule has 3 aromatic rings. The van der Waals surface area contributed by atoms with E-state index in [4.69, 9.17) is 4.28 Å². The highest BCUT2D eigenvalue weighted by Crippen LogP contribution is 2.24. The van der Waals surface area contributed by atoms with Gasteiger partial charge in [-0.2, -0.15) is 17.8 Å². The molecule has 0 aliphatic heterocycles. The fraction of sp³-hybridized carbons (Fsp3) is 0.208. The molecule has 0 unspecified atom stereocenters. The van der Waals surface area contributed by atoms with Crippen molar-refractivity contribution in [3.63, 3.8) is 0 Å². The third kappa shape index (κ3) is 5.79. The van der Waals surface area contributed by atoms with Crippen molar-refractivity contribution in [3.8, 4) is 11.1 Å². The first kappa shape index (κ1) is 22.7. The molecule has 6 nitrogen and oxygen atoms in total. The maximum atomic E-state index is 13.0. The van der Waals surface area contributed by atoms with Gasteiger partial charge in [0.05, 0.1) is 11.4 Å². The van der Waals surface area contributed by atoms with Crippen LogP contribution in [0.25, 0.3) is 11.1 Å². The standard InChI is InChI=1S/C24H25NO5S/c1-18(2)23(24(26)27)25(17-19-9-5-3-6-10-19)30-31(28,29)22-15-13-21(14-16-22)20-11-7-4-8-12-20/h3-16,18,23H,17H2,1-2H3,(H,26,27)/t23-/m1/s1. The zero-order chi connectivity index (χ0) is 22.4. The van der Waals surface area contributed by atoms with E-state index >= 15 is 0 Å². The molecule has 0 amide bonds. The number of benzene rings is 3. The SMILES string of the molecule is CC(C)[C@H](C(=O)O)N(Cc1ccccc1)OS(=O)(=O)c1ccc(-c2ccccc2)cc1. The smallest absolute Gasteiger partial charge is 0.323 e. The highest BCUT2D eigenvalue weighted by Gasteiger charge is 2.34. The molecular weight excluding hydrogens is 414 g/mol. The van der Waals surface area contributed by atoms with Crippen LogP contribution in [0.4, 0.5) is 0 Å². The lowest BCUT2D eigenvalue weighted by Crippen LogP contribution is -2.45. The van der Waals surface area contributed by atoms with Crippen LogP contribution in [0.15, 0.2) is 89.8 Å². The van der Waals surface area contributed by atoms with Gasteiger partial charge in [-0.3, -0.25) is 4.79 Å². The number of hydroxylamine groups is 2. The summed E-state index contributed by atoms with van der Waals surface area (Å²) in [7, 11) is -4.23. The first-order valence-corrected chi connectivity index (χ1v) is 11.3. The molecule has 3 aromatic carbocycles. The molecule has 0 aromatic heterocycles. The Morgan fingerprint density at radius 1 is 0.871 bits per heavy atom. The van der Waals surface area contributed by atoms with Gasteiger partial charge in [-0.05, 0) is 34.7 Å². The zero-order valence-electron chi connectivity index (χ0n) is 17.4. The summed E-state index contributed by atoms with van der Waals surface area (Å²) in [6.07, 6.45) is 0. The number of carboxylic acids is 1. The number of hydrogen-bond donors (Lipinski definition) is 1. The lowest BCUT2D eigenvalue weighted by atomic mass is 10.0. The van der Waals surface area contributed by atoms with E-state index in [2.05, 4.69) is 0 Å². The Kier molecular flexibility index (Phi) is 7.22. The van der Waals surface area contributed by atoms with E-state index in [0.29, 0.717) is 0 Å². The van der Waals surface area contributed by atoms with E-state index in [1.807, 2.05) is 36.4 Å². The molecular formula is C24H25NO5S. The summed E-state index contributed by atoms with van der Waals surface area (Å²) >= 11 is 0. The van der Waals surface area contributed by atoms with E-state index < -0.39 is 22.1 Å². The van der Waals surface area contributed by atoms with Crippen LogP contribution in [0.3, 0.4) is 0 Å². The Bertz CT molecular complexity index is 1100. The summed E-state index contributed by atoms with van der Waals surface area (Å²) in [5.41, 5.74) is 2.57. The summed E-state index contributed by atoms with van der Waals surface area (Å²) in [4.78, 5) is 11.8. The van der Waals surface area contributed by atoms with Gasteiger partial charge in [0.15, 0.2) is 0 Å². The van der Waals surface area contributed by atoms with Crippen molar-refractivity contribution in [3.05, 3.63) is 90.5 Å². The number of hydrogen-bond acceptors (Lipinski definition) is 5. The van der Waals surface area contributed by atoms with Gasteiger partial charge in [0.1, 0.15) is 6.04 Å². The molecule has 7 heteroatoms. The van der Waals surface area contributed by atoms with Crippen LogP contribution in [0.2, 0.25) is 0 Å². The maximum Gasteiger partial charge on any atom is 0.323 e. The van der Waals surface area contributed by atoms with E-state index in [1.54, 1.807) is 50.2 Å². The topological polar surface area (TPSA) is 83.9 Å². The summed E-state index contributed by atoms with van der Waals surface area (Å²) in [5, 5.41) is 10.7. The van der Waals surface area contributed by atoms with Gasteiger partial charge in [0.25, 0.3) is 0 Å². The number of aliphatic carboxylic acids is 1. The maximum absolute atomic E-state index is 13.0. The summed E-state index contributed by atoms with van der Waals surface area (Å²) in [6, 6.07) is 23.8. The van der Waals surface area contributed by atoms with Crippen molar-refractivity contribution in [1.82, 2.24) is 5.06 Å².